The average Bonchev–Trinajstić information content (AvgIpc) is 1.57. The third kappa shape index (κ3) is 19.2. The Kier molecular flexibility index (Phi) is 27.5. The van der Waals surface area contributed by atoms with Gasteiger partial charge in [0.05, 0.1) is 73.3 Å². The smallest absolute Gasteiger partial charge is 0.411 e. The first-order chi connectivity index (χ1) is 49.4. The number of carbonyl (C=O) groups excluding carboxylic acids is 2. The molecule has 12 rings (SSSR count). The molecule has 0 bridgehead atoms. The zero-order valence-corrected chi connectivity index (χ0v) is 59.0. The number of carbonyl (C=O) groups is 2. The Bertz CT molecular complexity index is 4410. The van der Waals surface area contributed by atoms with Crippen LogP contribution in [0, 0.1) is 0 Å². The number of anilines is 2. The molecule has 1 amide bonds. The van der Waals surface area contributed by atoms with Crippen molar-refractivity contribution in [2.24, 2.45) is 10.2 Å². The van der Waals surface area contributed by atoms with E-state index in [0.717, 1.165) is 83.2 Å². The summed E-state index contributed by atoms with van der Waals surface area (Å²) in [4.78, 5) is 38.6. The summed E-state index contributed by atoms with van der Waals surface area (Å²) in [6.07, 6.45) is 2.43. The summed E-state index contributed by atoms with van der Waals surface area (Å²) in [5, 5.41) is 11.9. The zero-order valence-electron chi connectivity index (χ0n) is 56.6. The number of para-hydroxylation sites is 2. The molecule has 0 saturated carbocycles. The summed E-state index contributed by atoms with van der Waals surface area (Å²) in [5.74, 6) is 0. The molecule has 0 spiro atoms. The van der Waals surface area contributed by atoms with Gasteiger partial charge in [0.25, 0.3) is 0 Å². The molecule has 2 aliphatic rings. The number of rotatable bonds is 33. The number of fused-ring (bicyclic) bond motifs is 8. The third-order valence-corrected chi connectivity index (χ3v) is 19.7. The number of aromatic nitrogens is 2. The number of nitrogens with zero attached hydrogens (tertiary/aromatic N) is 8. The standard InChI is InChI=1S/C38H39N5O6S.C30H34N2O4S.C8H6ClN3O2/c1-45-19-21-47-17-15-38(16-18-48-22-20-46-2)32-23-27(36-41-34-5-3-4-6-35(34)50-36)9-13-30(32)31-14-12-29(24-33(31)38)40-37(44)49-25-26-7-10-28(11-8-26)42-43-39;1-33-15-17-35-13-11-30(12-14-36-18-16-34-2)25-19-21(29-32-27-5-3-4-6-28(27)37-29)7-9-23(25)24-10-8-22(31)20-26(24)30;9-8(13)14-5-6-1-3-7(4-2-6)11-12-10/h3-14,23-24H,15-22,25H2,1-2H3,(H,40,44);3-10,19-20H,11-18,31H2,1-2H3;1-4H,5H2. The monoisotopic (exact) mass is 1420 g/mol. The van der Waals surface area contributed by atoms with Crippen molar-refractivity contribution >= 4 is 89.0 Å². The van der Waals surface area contributed by atoms with Crippen LogP contribution in [0.4, 0.5) is 32.3 Å². The van der Waals surface area contributed by atoms with Crippen LogP contribution in [-0.4, -0.2) is 129 Å². The Morgan fingerprint density at radius 3 is 1.27 bits per heavy atom. The molecule has 0 aliphatic heterocycles. The van der Waals surface area contributed by atoms with E-state index in [-0.39, 0.29) is 18.6 Å². The molecule has 2 aromatic heterocycles. The van der Waals surface area contributed by atoms with E-state index in [1.54, 1.807) is 99.6 Å². The molecule has 25 heteroatoms. The van der Waals surface area contributed by atoms with E-state index in [2.05, 4.69) is 109 Å². The van der Waals surface area contributed by atoms with Crippen molar-refractivity contribution in [2.75, 3.05) is 119 Å². The van der Waals surface area contributed by atoms with E-state index in [4.69, 9.17) is 81.0 Å². The van der Waals surface area contributed by atoms with Crippen LogP contribution in [0.25, 0.3) is 84.7 Å². The summed E-state index contributed by atoms with van der Waals surface area (Å²) in [5.41, 5.74) is 39.1. The summed E-state index contributed by atoms with van der Waals surface area (Å²) in [7, 11) is 6.71. The SMILES string of the molecule is COCCOCCC1(CCOCCOC)c2cc(N)ccc2-c2ccc(-c3nc4ccccc4s3)cc21.COCCOCCC1(CCOCCOC)c2cc(NC(=O)OCc3ccc(N=[N+]=[N-])cc3)ccc2-c2ccc(-c3nc4ccccc4s3)cc21.[N-]=[N+]=Nc1ccc(COC(=O)Cl)cc1. The third-order valence-electron chi connectivity index (χ3n) is 17.4. The van der Waals surface area contributed by atoms with Crippen molar-refractivity contribution in [3.63, 3.8) is 0 Å². The molecule has 524 valence electrons. The fraction of sp³-hybridized carbons (Fsp3) is 0.316. The Balaban J connectivity index is 0.000000188. The van der Waals surface area contributed by atoms with Gasteiger partial charge >= 0.3 is 11.5 Å². The molecule has 2 aliphatic carbocycles. The van der Waals surface area contributed by atoms with Crippen molar-refractivity contribution in [2.45, 2.75) is 49.7 Å². The fourth-order valence-corrected chi connectivity index (χ4v) is 14.5. The lowest BCUT2D eigenvalue weighted by atomic mass is 9.72. The van der Waals surface area contributed by atoms with Crippen molar-refractivity contribution in [1.82, 2.24) is 9.97 Å². The van der Waals surface area contributed by atoms with Crippen LogP contribution in [0.3, 0.4) is 0 Å². The summed E-state index contributed by atoms with van der Waals surface area (Å²) in [6.45, 7) is 6.70. The first-order valence-corrected chi connectivity index (χ1v) is 34.8. The van der Waals surface area contributed by atoms with E-state index >= 15 is 0 Å². The molecule has 0 unspecified atom stereocenters. The van der Waals surface area contributed by atoms with Crippen LogP contribution >= 0.6 is 34.3 Å². The predicted molar refractivity (Wildman–Crippen MR) is 397 cm³/mol. The number of methoxy groups -OCH3 is 4. The molecule has 0 saturated heterocycles. The van der Waals surface area contributed by atoms with Gasteiger partial charge in [-0.05, 0) is 153 Å². The van der Waals surface area contributed by atoms with Gasteiger partial charge in [0, 0.05) is 121 Å². The summed E-state index contributed by atoms with van der Waals surface area (Å²) < 4.78 is 57.4. The normalized spacial score (nSPS) is 12.5. The van der Waals surface area contributed by atoms with E-state index in [9.17, 15) is 9.59 Å². The molecule has 3 N–H and O–H groups in total. The quantitative estimate of drug-likeness (QED) is 0.00965. The molecule has 0 atom stereocenters. The van der Waals surface area contributed by atoms with Crippen LogP contribution in [0.2, 0.25) is 0 Å². The highest BCUT2D eigenvalue weighted by atomic mass is 35.5. The summed E-state index contributed by atoms with van der Waals surface area (Å²) >= 11 is 8.39. The Morgan fingerprint density at radius 1 is 0.475 bits per heavy atom. The molecular weight excluding hydrogens is 1340 g/mol. The average molecular weight is 1420 g/mol. The number of nitrogens with one attached hydrogen (secondary N) is 1. The van der Waals surface area contributed by atoms with Gasteiger partial charge in [-0.2, -0.15) is 0 Å². The van der Waals surface area contributed by atoms with E-state index in [1.807, 2.05) is 42.5 Å². The number of benzene rings is 8. The van der Waals surface area contributed by atoms with Gasteiger partial charge in [0.2, 0.25) is 0 Å². The van der Waals surface area contributed by atoms with E-state index in [1.165, 1.54) is 32.5 Å². The molecule has 2 heterocycles. The number of azide groups is 2. The minimum atomic E-state index is -0.843. The highest BCUT2D eigenvalue weighted by Crippen LogP contribution is 2.56. The number of hydrogen-bond donors (Lipinski definition) is 2. The second kappa shape index (κ2) is 37.4. The van der Waals surface area contributed by atoms with Gasteiger partial charge in [-0.3, -0.25) is 5.32 Å². The largest absolute Gasteiger partial charge is 0.449 e. The lowest BCUT2D eigenvalue weighted by Gasteiger charge is -2.33. The number of amides is 1. The van der Waals surface area contributed by atoms with Gasteiger partial charge in [-0.15, -0.1) is 22.7 Å². The minimum absolute atomic E-state index is 0.0644. The molecule has 10 aromatic rings. The van der Waals surface area contributed by atoms with Crippen molar-refractivity contribution in [1.29, 1.82) is 0 Å². The molecular formula is C76H79ClN10O12S2. The molecule has 8 aromatic carbocycles. The van der Waals surface area contributed by atoms with Gasteiger partial charge < -0.3 is 53.1 Å². The second-order valence-electron chi connectivity index (χ2n) is 23.6. The Morgan fingerprint density at radius 2 is 0.861 bits per heavy atom. The second-order valence-corrected chi connectivity index (χ2v) is 26.0. The Hall–Kier alpha value is -9.33. The van der Waals surface area contributed by atoms with Gasteiger partial charge in [0.15, 0.2) is 0 Å². The van der Waals surface area contributed by atoms with Crippen LogP contribution in [0.5, 0.6) is 0 Å². The lowest BCUT2D eigenvalue weighted by molar-refractivity contribution is 0.0490. The van der Waals surface area contributed by atoms with Crippen molar-refractivity contribution in [3.8, 4) is 43.4 Å². The number of hydrogen-bond acceptors (Lipinski definition) is 19. The molecule has 0 radical (unpaired) electrons. The molecule has 22 nitrogen and oxygen atoms in total. The molecule has 101 heavy (non-hydrogen) atoms. The number of halogens is 1. The molecule has 0 fully saturated rings. The van der Waals surface area contributed by atoms with Gasteiger partial charge in [-0.25, -0.2) is 19.6 Å². The Labute approximate surface area is 598 Å². The maximum Gasteiger partial charge on any atom is 0.411 e. The highest BCUT2D eigenvalue weighted by molar-refractivity contribution is 7.22. The highest BCUT2D eigenvalue weighted by Gasteiger charge is 2.45. The van der Waals surface area contributed by atoms with Crippen molar-refractivity contribution < 1.29 is 57.0 Å². The predicted octanol–water partition coefficient (Wildman–Crippen LogP) is 18.4. The lowest BCUT2D eigenvalue weighted by Crippen LogP contribution is -2.30. The van der Waals surface area contributed by atoms with E-state index < -0.39 is 16.9 Å². The zero-order chi connectivity index (χ0) is 70.8. The van der Waals surface area contributed by atoms with Crippen LogP contribution in [0.15, 0.2) is 180 Å². The first kappa shape index (κ1) is 74.4. The number of thiazole rings is 2. The minimum Gasteiger partial charge on any atom is -0.449 e. The number of ether oxygens (including phenoxy) is 10. The number of nitrogens with two attached hydrogens (primary N) is 1. The van der Waals surface area contributed by atoms with Gasteiger partial charge in [0.1, 0.15) is 23.2 Å². The fourth-order valence-electron chi connectivity index (χ4n) is 12.5. The maximum atomic E-state index is 13.0. The van der Waals surface area contributed by atoms with Gasteiger partial charge in [-0.1, -0.05) is 119 Å². The van der Waals surface area contributed by atoms with Crippen molar-refractivity contribution in [3.05, 3.63) is 224 Å². The van der Waals surface area contributed by atoms with Crippen LogP contribution in [0.1, 0.15) is 59.1 Å². The first-order valence-electron chi connectivity index (χ1n) is 32.8. The number of nitrogen functional groups attached to an aromatic ring is 1. The van der Waals surface area contributed by atoms with Crippen LogP contribution < -0.4 is 11.1 Å². The van der Waals surface area contributed by atoms with E-state index in [0.29, 0.717) is 109 Å². The summed E-state index contributed by atoms with van der Waals surface area (Å²) in [6, 6.07) is 55.6. The maximum absolute atomic E-state index is 13.0. The topological polar surface area (TPSA) is 288 Å². The van der Waals surface area contributed by atoms with Crippen LogP contribution in [-0.2, 0) is 71.4 Å².